The van der Waals surface area contributed by atoms with Gasteiger partial charge in [-0.3, -0.25) is 9.69 Å². The zero-order valence-corrected chi connectivity index (χ0v) is 17.3. The molecule has 1 N–H and O–H groups in total. The van der Waals surface area contributed by atoms with E-state index in [1.165, 1.54) is 5.57 Å². The SMILES string of the molecule is CC(C)=CCN1CCC(NC(=O)CCc2ncc(-c3ccc(Cl)cc3)o2)CC1. The molecule has 2 aromatic rings. The van der Waals surface area contributed by atoms with Crippen LogP contribution in [0.25, 0.3) is 11.3 Å². The number of rotatable bonds is 7. The molecule has 150 valence electrons. The Bertz CT molecular complexity index is 801. The maximum atomic E-state index is 12.3. The molecule has 3 rings (SSSR count). The van der Waals surface area contributed by atoms with Crippen molar-refractivity contribution in [2.75, 3.05) is 19.6 Å². The lowest BCUT2D eigenvalue weighted by Gasteiger charge is -2.31. The fraction of sp³-hybridized carbons (Fsp3) is 0.455. The van der Waals surface area contributed by atoms with Crippen molar-refractivity contribution in [3.63, 3.8) is 0 Å². The molecule has 1 aliphatic heterocycles. The second-order valence-electron chi connectivity index (χ2n) is 7.55. The lowest BCUT2D eigenvalue weighted by Crippen LogP contribution is -2.44. The van der Waals surface area contributed by atoms with Gasteiger partial charge in [-0.15, -0.1) is 0 Å². The van der Waals surface area contributed by atoms with E-state index in [0.717, 1.165) is 38.0 Å². The second kappa shape index (κ2) is 9.89. The molecule has 1 fully saturated rings. The zero-order valence-electron chi connectivity index (χ0n) is 16.6. The van der Waals surface area contributed by atoms with Crippen LogP contribution >= 0.6 is 11.6 Å². The van der Waals surface area contributed by atoms with Crippen molar-refractivity contribution in [1.29, 1.82) is 0 Å². The van der Waals surface area contributed by atoms with Crippen molar-refractivity contribution in [3.8, 4) is 11.3 Å². The van der Waals surface area contributed by atoms with E-state index in [0.29, 0.717) is 29.5 Å². The van der Waals surface area contributed by atoms with Crippen molar-refractivity contribution in [1.82, 2.24) is 15.2 Å². The number of halogens is 1. The third kappa shape index (κ3) is 6.21. The fourth-order valence-electron chi connectivity index (χ4n) is 3.27. The quantitative estimate of drug-likeness (QED) is 0.695. The largest absolute Gasteiger partial charge is 0.441 e. The number of amides is 1. The average Bonchev–Trinajstić information content (AvgIpc) is 3.15. The van der Waals surface area contributed by atoms with E-state index in [1.807, 2.05) is 24.3 Å². The first-order valence-corrected chi connectivity index (χ1v) is 10.2. The monoisotopic (exact) mass is 401 g/mol. The van der Waals surface area contributed by atoms with Gasteiger partial charge in [-0.1, -0.05) is 23.3 Å². The summed E-state index contributed by atoms with van der Waals surface area (Å²) in [4.78, 5) is 19.0. The molecule has 5 nitrogen and oxygen atoms in total. The minimum atomic E-state index is 0.0639. The van der Waals surface area contributed by atoms with E-state index < -0.39 is 0 Å². The van der Waals surface area contributed by atoms with Crippen LogP contribution in [0.15, 0.2) is 46.5 Å². The standard InChI is InChI=1S/C22H28ClN3O2/c1-16(2)9-12-26-13-10-19(11-14-26)25-21(27)7-8-22-24-15-20(28-22)17-3-5-18(23)6-4-17/h3-6,9,15,19H,7-8,10-14H2,1-2H3,(H,25,27). The molecule has 0 saturated carbocycles. The maximum absolute atomic E-state index is 12.3. The molecule has 0 radical (unpaired) electrons. The molecule has 0 unspecified atom stereocenters. The van der Waals surface area contributed by atoms with Crippen LogP contribution in [0.5, 0.6) is 0 Å². The molecular weight excluding hydrogens is 374 g/mol. The van der Waals surface area contributed by atoms with Crippen LogP contribution in [-0.4, -0.2) is 41.5 Å². The first-order valence-electron chi connectivity index (χ1n) is 9.85. The third-order valence-corrected chi connectivity index (χ3v) is 5.21. The Kier molecular flexibility index (Phi) is 7.29. The average molecular weight is 402 g/mol. The highest BCUT2D eigenvalue weighted by Gasteiger charge is 2.20. The molecule has 28 heavy (non-hydrogen) atoms. The summed E-state index contributed by atoms with van der Waals surface area (Å²) >= 11 is 5.91. The molecule has 1 aromatic carbocycles. The van der Waals surface area contributed by atoms with Gasteiger partial charge < -0.3 is 9.73 Å². The van der Waals surface area contributed by atoms with Crippen molar-refractivity contribution in [2.24, 2.45) is 0 Å². The van der Waals surface area contributed by atoms with Crippen LogP contribution in [0.3, 0.4) is 0 Å². The number of likely N-dealkylation sites (tertiary alicyclic amines) is 1. The minimum absolute atomic E-state index is 0.0639. The number of nitrogens with zero attached hydrogens (tertiary/aromatic N) is 2. The maximum Gasteiger partial charge on any atom is 0.220 e. The van der Waals surface area contributed by atoms with Gasteiger partial charge >= 0.3 is 0 Å². The van der Waals surface area contributed by atoms with E-state index in [4.69, 9.17) is 16.0 Å². The first-order chi connectivity index (χ1) is 13.5. The highest BCUT2D eigenvalue weighted by molar-refractivity contribution is 6.30. The molecule has 0 aliphatic carbocycles. The predicted molar refractivity (Wildman–Crippen MR) is 112 cm³/mol. The van der Waals surface area contributed by atoms with Crippen molar-refractivity contribution >= 4 is 17.5 Å². The van der Waals surface area contributed by atoms with E-state index in [1.54, 1.807) is 6.20 Å². The molecule has 1 saturated heterocycles. The zero-order chi connectivity index (χ0) is 19.9. The summed E-state index contributed by atoms with van der Waals surface area (Å²) in [6, 6.07) is 7.69. The Morgan fingerprint density at radius 1 is 1.29 bits per heavy atom. The summed E-state index contributed by atoms with van der Waals surface area (Å²) in [7, 11) is 0. The number of oxazole rings is 1. The van der Waals surface area contributed by atoms with Gasteiger partial charge in [0.25, 0.3) is 0 Å². The smallest absolute Gasteiger partial charge is 0.220 e. The molecule has 1 aliphatic rings. The number of allylic oxidation sites excluding steroid dienone is 1. The Labute approximate surface area is 171 Å². The van der Waals surface area contributed by atoms with Gasteiger partial charge in [0.1, 0.15) is 0 Å². The number of benzene rings is 1. The summed E-state index contributed by atoms with van der Waals surface area (Å²) in [6.07, 6.45) is 6.84. The van der Waals surface area contributed by atoms with Crippen LogP contribution in [-0.2, 0) is 11.2 Å². The van der Waals surface area contributed by atoms with Crippen molar-refractivity contribution in [3.05, 3.63) is 53.0 Å². The number of nitrogens with one attached hydrogen (secondary N) is 1. The summed E-state index contributed by atoms with van der Waals surface area (Å²) in [6.45, 7) is 7.31. The Morgan fingerprint density at radius 3 is 2.68 bits per heavy atom. The van der Waals surface area contributed by atoms with E-state index in [9.17, 15) is 4.79 Å². The molecule has 1 aromatic heterocycles. The molecular formula is C22H28ClN3O2. The summed E-state index contributed by atoms with van der Waals surface area (Å²) in [5.41, 5.74) is 2.27. The molecule has 0 spiro atoms. The van der Waals surface area contributed by atoms with Crippen molar-refractivity contribution < 1.29 is 9.21 Å². The highest BCUT2D eigenvalue weighted by Crippen LogP contribution is 2.22. The lowest BCUT2D eigenvalue weighted by molar-refractivity contribution is -0.122. The number of carbonyl (C=O) groups excluding carboxylic acids is 1. The van der Waals surface area contributed by atoms with Crippen LogP contribution in [0.1, 0.15) is 39.0 Å². The summed E-state index contributed by atoms with van der Waals surface area (Å²) in [5.74, 6) is 1.33. The Balaban J connectivity index is 1.40. The number of aromatic nitrogens is 1. The van der Waals surface area contributed by atoms with Gasteiger partial charge in [0.2, 0.25) is 5.91 Å². The minimum Gasteiger partial charge on any atom is -0.441 e. The Hall–Kier alpha value is -2.11. The topological polar surface area (TPSA) is 58.4 Å². The number of hydrogen-bond donors (Lipinski definition) is 1. The van der Waals surface area contributed by atoms with Gasteiger partial charge in [0.05, 0.1) is 6.20 Å². The first kappa shape index (κ1) is 20.6. The van der Waals surface area contributed by atoms with Gasteiger partial charge in [-0.2, -0.15) is 0 Å². The molecule has 1 amide bonds. The molecule has 2 heterocycles. The molecule has 0 atom stereocenters. The van der Waals surface area contributed by atoms with Gasteiger partial charge in [0.15, 0.2) is 11.7 Å². The van der Waals surface area contributed by atoms with Crippen LogP contribution < -0.4 is 5.32 Å². The number of piperidine rings is 1. The molecule has 6 heteroatoms. The second-order valence-corrected chi connectivity index (χ2v) is 7.99. The summed E-state index contributed by atoms with van der Waals surface area (Å²) < 4.78 is 5.76. The van der Waals surface area contributed by atoms with Gasteiger partial charge in [0, 0.05) is 49.1 Å². The molecule has 0 bridgehead atoms. The third-order valence-electron chi connectivity index (χ3n) is 4.96. The fourth-order valence-corrected chi connectivity index (χ4v) is 3.39. The Morgan fingerprint density at radius 2 is 2.00 bits per heavy atom. The van der Waals surface area contributed by atoms with Crippen LogP contribution in [0, 0.1) is 0 Å². The van der Waals surface area contributed by atoms with E-state index >= 15 is 0 Å². The van der Waals surface area contributed by atoms with E-state index in [-0.39, 0.29) is 11.9 Å². The van der Waals surface area contributed by atoms with Crippen molar-refractivity contribution in [2.45, 2.75) is 45.6 Å². The van der Waals surface area contributed by atoms with Crippen LogP contribution in [0.2, 0.25) is 5.02 Å². The highest BCUT2D eigenvalue weighted by atomic mass is 35.5. The van der Waals surface area contributed by atoms with Gasteiger partial charge in [-0.05, 0) is 51.0 Å². The van der Waals surface area contributed by atoms with E-state index in [2.05, 4.69) is 35.1 Å². The normalized spacial score (nSPS) is 15.4. The van der Waals surface area contributed by atoms with Gasteiger partial charge in [-0.25, -0.2) is 4.98 Å². The predicted octanol–water partition coefficient (Wildman–Crippen LogP) is 4.47. The number of hydrogen-bond acceptors (Lipinski definition) is 4. The lowest BCUT2D eigenvalue weighted by atomic mass is 10.0. The number of aryl methyl sites for hydroxylation is 1. The number of carbonyl (C=O) groups is 1. The van der Waals surface area contributed by atoms with Crippen LogP contribution in [0.4, 0.5) is 0 Å². The summed E-state index contributed by atoms with van der Waals surface area (Å²) in [5, 5.41) is 3.84.